The van der Waals surface area contributed by atoms with E-state index >= 15 is 0 Å². The Hall–Kier alpha value is -1.60. The topological polar surface area (TPSA) is 58.4 Å². The van der Waals surface area contributed by atoms with E-state index in [4.69, 9.17) is 5.73 Å². The summed E-state index contributed by atoms with van der Waals surface area (Å²) in [6, 6.07) is 4.75. The lowest BCUT2D eigenvalue weighted by molar-refractivity contribution is -0.138. The molecule has 1 heterocycles. The molecule has 1 aromatic carbocycles. The van der Waals surface area contributed by atoms with E-state index in [0.717, 1.165) is 6.07 Å². The van der Waals surface area contributed by atoms with Crippen LogP contribution in [0.2, 0.25) is 0 Å². The summed E-state index contributed by atoms with van der Waals surface area (Å²) in [7, 11) is 0. The highest BCUT2D eigenvalue weighted by Crippen LogP contribution is 2.38. The lowest BCUT2D eigenvalue weighted by atomic mass is 9.97. The van der Waals surface area contributed by atoms with Gasteiger partial charge in [-0.3, -0.25) is 10.2 Å². The van der Waals surface area contributed by atoms with Crippen LogP contribution >= 0.6 is 0 Å². The normalized spacial score (nSPS) is 20.2. The third kappa shape index (κ3) is 3.10. The third-order valence-electron chi connectivity index (χ3n) is 3.25. The first-order valence-electron chi connectivity index (χ1n) is 6.36. The van der Waals surface area contributed by atoms with Gasteiger partial charge in [-0.05, 0) is 24.6 Å². The molecule has 0 aliphatic carbocycles. The van der Waals surface area contributed by atoms with Gasteiger partial charge in [0.05, 0.1) is 11.6 Å². The molecule has 1 aliphatic rings. The maximum absolute atomic E-state index is 13.0. The SMILES string of the molecule is NCCCN1NC(=O)CC1c1ccccc1C(F)(F)F. The summed E-state index contributed by atoms with van der Waals surface area (Å²) in [5, 5.41) is 1.54. The van der Waals surface area contributed by atoms with Crippen LogP contribution in [0.3, 0.4) is 0 Å². The fourth-order valence-electron chi connectivity index (χ4n) is 2.37. The molecule has 0 bridgehead atoms. The number of hydrogen-bond donors (Lipinski definition) is 2. The minimum Gasteiger partial charge on any atom is -0.330 e. The fraction of sp³-hybridized carbons (Fsp3) is 0.462. The number of nitrogens with zero attached hydrogens (tertiary/aromatic N) is 1. The van der Waals surface area contributed by atoms with E-state index in [0.29, 0.717) is 19.5 Å². The molecule has 1 saturated heterocycles. The van der Waals surface area contributed by atoms with Crippen molar-refractivity contribution in [1.82, 2.24) is 10.4 Å². The van der Waals surface area contributed by atoms with Crippen LogP contribution in [0.1, 0.15) is 30.0 Å². The Kier molecular flexibility index (Phi) is 4.29. The first kappa shape index (κ1) is 14.8. The van der Waals surface area contributed by atoms with Crippen molar-refractivity contribution in [2.75, 3.05) is 13.1 Å². The van der Waals surface area contributed by atoms with E-state index in [-0.39, 0.29) is 17.9 Å². The summed E-state index contributed by atoms with van der Waals surface area (Å²) in [5.74, 6) is -0.274. The monoisotopic (exact) mass is 287 g/mol. The van der Waals surface area contributed by atoms with Crippen molar-refractivity contribution in [3.8, 4) is 0 Å². The number of hydrazine groups is 1. The van der Waals surface area contributed by atoms with Crippen molar-refractivity contribution in [1.29, 1.82) is 0 Å². The molecule has 1 unspecified atom stereocenters. The Morgan fingerprint density at radius 1 is 1.35 bits per heavy atom. The molecule has 0 spiro atoms. The molecule has 2 rings (SSSR count). The number of rotatable bonds is 4. The Balaban J connectivity index is 2.32. The summed E-state index contributed by atoms with van der Waals surface area (Å²) in [6.07, 6.45) is -3.80. The van der Waals surface area contributed by atoms with Crippen LogP contribution in [0.5, 0.6) is 0 Å². The first-order chi connectivity index (χ1) is 9.43. The van der Waals surface area contributed by atoms with Gasteiger partial charge in [0.25, 0.3) is 0 Å². The Morgan fingerprint density at radius 3 is 2.70 bits per heavy atom. The van der Waals surface area contributed by atoms with Gasteiger partial charge in [-0.2, -0.15) is 13.2 Å². The lowest BCUT2D eigenvalue weighted by Gasteiger charge is -2.25. The van der Waals surface area contributed by atoms with Crippen LogP contribution in [0.15, 0.2) is 24.3 Å². The van der Waals surface area contributed by atoms with Gasteiger partial charge in [0.1, 0.15) is 0 Å². The Bertz CT molecular complexity index is 490. The summed E-state index contributed by atoms with van der Waals surface area (Å²) in [4.78, 5) is 11.5. The standard InChI is InChI=1S/C13H16F3N3O/c14-13(15,16)10-5-2-1-4-9(10)11-8-12(20)18-19(11)7-3-6-17/h1-2,4-5,11H,3,6-8,17H2,(H,18,20). The molecule has 0 aromatic heterocycles. The van der Waals surface area contributed by atoms with Crippen LogP contribution in [0, 0.1) is 0 Å². The Labute approximate surface area is 114 Å². The van der Waals surface area contributed by atoms with Crippen LogP contribution in [-0.2, 0) is 11.0 Å². The zero-order chi connectivity index (χ0) is 14.8. The van der Waals surface area contributed by atoms with Gasteiger partial charge in [0.2, 0.25) is 5.91 Å². The highest BCUT2D eigenvalue weighted by Gasteiger charge is 2.39. The van der Waals surface area contributed by atoms with Crippen LogP contribution < -0.4 is 11.2 Å². The molecule has 0 radical (unpaired) electrons. The van der Waals surface area contributed by atoms with Crippen molar-refractivity contribution < 1.29 is 18.0 Å². The number of carbonyl (C=O) groups is 1. The van der Waals surface area contributed by atoms with E-state index in [9.17, 15) is 18.0 Å². The number of hydrogen-bond acceptors (Lipinski definition) is 3. The maximum atomic E-state index is 13.0. The largest absolute Gasteiger partial charge is 0.416 e. The number of halogens is 3. The van der Waals surface area contributed by atoms with Gasteiger partial charge in [0, 0.05) is 13.0 Å². The predicted octanol–water partition coefficient (Wildman–Crippen LogP) is 1.83. The summed E-state index contributed by atoms with van der Waals surface area (Å²) in [5.41, 5.74) is 7.42. The summed E-state index contributed by atoms with van der Waals surface area (Å²) >= 11 is 0. The zero-order valence-electron chi connectivity index (χ0n) is 10.8. The van der Waals surface area contributed by atoms with Gasteiger partial charge in [-0.15, -0.1) is 0 Å². The van der Waals surface area contributed by atoms with E-state index < -0.39 is 17.8 Å². The number of carbonyl (C=O) groups excluding carboxylic acids is 1. The van der Waals surface area contributed by atoms with Gasteiger partial charge in [-0.25, -0.2) is 5.01 Å². The molecular weight excluding hydrogens is 271 g/mol. The van der Waals surface area contributed by atoms with Gasteiger partial charge < -0.3 is 5.73 Å². The molecule has 1 atom stereocenters. The minimum atomic E-state index is -4.43. The molecule has 1 amide bonds. The van der Waals surface area contributed by atoms with Crippen LogP contribution in [0.4, 0.5) is 13.2 Å². The second-order valence-electron chi connectivity index (χ2n) is 4.68. The van der Waals surface area contributed by atoms with Crippen molar-refractivity contribution in [3.63, 3.8) is 0 Å². The number of alkyl halides is 3. The molecule has 1 aromatic rings. The maximum Gasteiger partial charge on any atom is 0.416 e. The number of amides is 1. The summed E-state index contributed by atoms with van der Waals surface area (Å²) < 4.78 is 39.1. The van der Waals surface area contributed by atoms with E-state index in [1.54, 1.807) is 11.1 Å². The Morgan fingerprint density at radius 2 is 2.05 bits per heavy atom. The lowest BCUT2D eigenvalue weighted by Crippen LogP contribution is -2.36. The average Bonchev–Trinajstić information content (AvgIpc) is 2.76. The molecule has 7 heteroatoms. The second-order valence-corrected chi connectivity index (χ2v) is 4.68. The quantitative estimate of drug-likeness (QED) is 0.888. The number of nitrogens with two attached hydrogens (primary N) is 1. The zero-order valence-corrected chi connectivity index (χ0v) is 10.8. The van der Waals surface area contributed by atoms with Gasteiger partial charge in [-0.1, -0.05) is 18.2 Å². The van der Waals surface area contributed by atoms with E-state index in [2.05, 4.69) is 5.43 Å². The third-order valence-corrected chi connectivity index (χ3v) is 3.25. The molecular formula is C13H16F3N3O. The molecule has 0 saturated carbocycles. The predicted molar refractivity (Wildman–Crippen MR) is 67.3 cm³/mol. The van der Waals surface area contributed by atoms with E-state index in [1.807, 2.05) is 0 Å². The van der Waals surface area contributed by atoms with Crippen molar-refractivity contribution in [2.24, 2.45) is 5.73 Å². The number of nitrogens with one attached hydrogen (secondary N) is 1. The van der Waals surface area contributed by atoms with Crippen LogP contribution in [0.25, 0.3) is 0 Å². The minimum absolute atomic E-state index is 0.0255. The molecule has 4 nitrogen and oxygen atoms in total. The van der Waals surface area contributed by atoms with Gasteiger partial charge in [0.15, 0.2) is 0 Å². The summed E-state index contributed by atoms with van der Waals surface area (Å²) in [6.45, 7) is 0.846. The first-order valence-corrected chi connectivity index (χ1v) is 6.36. The molecule has 20 heavy (non-hydrogen) atoms. The van der Waals surface area contributed by atoms with Crippen molar-refractivity contribution in [2.45, 2.75) is 25.1 Å². The van der Waals surface area contributed by atoms with E-state index in [1.165, 1.54) is 12.1 Å². The highest BCUT2D eigenvalue weighted by atomic mass is 19.4. The molecule has 1 aliphatic heterocycles. The average molecular weight is 287 g/mol. The molecule has 110 valence electrons. The molecule has 1 fully saturated rings. The highest BCUT2D eigenvalue weighted by molar-refractivity contribution is 5.78. The fourth-order valence-corrected chi connectivity index (χ4v) is 2.37. The van der Waals surface area contributed by atoms with Crippen molar-refractivity contribution in [3.05, 3.63) is 35.4 Å². The molecule has 3 N–H and O–H groups in total. The smallest absolute Gasteiger partial charge is 0.330 e. The van der Waals surface area contributed by atoms with Crippen LogP contribution in [-0.4, -0.2) is 24.0 Å². The van der Waals surface area contributed by atoms with Gasteiger partial charge >= 0.3 is 6.18 Å². The van der Waals surface area contributed by atoms with Crippen molar-refractivity contribution >= 4 is 5.91 Å². The second kappa shape index (κ2) is 5.80. The number of benzene rings is 1.